The number of hydrogen-bond acceptors (Lipinski definition) is 4. The summed E-state index contributed by atoms with van der Waals surface area (Å²) in [5.74, 6) is -2.38. The van der Waals surface area contributed by atoms with Crippen LogP contribution in [0.5, 0.6) is 0 Å². The lowest BCUT2D eigenvalue weighted by molar-refractivity contribution is -0.141. The Morgan fingerprint density at radius 1 is 1.14 bits per heavy atom. The van der Waals surface area contributed by atoms with Gasteiger partial charge in [0.05, 0.1) is 0 Å². The molecule has 3 N–H and O–H groups in total. The highest BCUT2D eigenvalue weighted by Gasteiger charge is 2.25. The topological polar surface area (TPSA) is 87.3 Å². The summed E-state index contributed by atoms with van der Waals surface area (Å²) >= 11 is 3.27. The molecule has 0 saturated carbocycles. The molecule has 0 aliphatic carbocycles. The summed E-state index contributed by atoms with van der Waals surface area (Å²) in [7, 11) is 0. The van der Waals surface area contributed by atoms with Gasteiger partial charge in [0.15, 0.2) is 0 Å². The number of nitrogens with one attached hydrogen (secondary N) is 3. The first-order valence-electron chi connectivity index (χ1n) is 6.69. The summed E-state index contributed by atoms with van der Waals surface area (Å²) in [5.41, 5.74) is 0.485. The van der Waals surface area contributed by atoms with Crippen molar-refractivity contribution in [3.8, 4) is 0 Å². The van der Waals surface area contributed by atoms with Gasteiger partial charge in [-0.15, -0.1) is 0 Å². The second-order valence-electron chi connectivity index (χ2n) is 4.81. The van der Waals surface area contributed by atoms with Crippen LogP contribution in [0.15, 0.2) is 28.7 Å². The molecule has 0 unspecified atom stereocenters. The lowest BCUT2D eigenvalue weighted by Crippen LogP contribution is -2.44. The van der Waals surface area contributed by atoms with Crippen LogP contribution >= 0.6 is 15.9 Å². The van der Waals surface area contributed by atoms with Gasteiger partial charge in [0.1, 0.15) is 0 Å². The van der Waals surface area contributed by atoms with E-state index in [4.69, 9.17) is 0 Å². The molecule has 0 atom stereocenters. The fraction of sp³-hybridized carbons (Fsp3) is 0.357. The van der Waals surface area contributed by atoms with E-state index in [0.717, 1.165) is 17.6 Å². The van der Waals surface area contributed by atoms with Crippen molar-refractivity contribution in [2.75, 3.05) is 18.4 Å². The first kappa shape index (κ1) is 15.7. The van der Waals surface area contributed by atoms with Crippen LogP contribution in [-0.2, 0) is 14.4 Å². The summed E-state index contributed by atoms with van der Waals surface area (Å²) in [4.78, 5) is 35.3. The van der Waals surface area contributed by atoms with Gasteiger partial charge >= 0.3 is 11.8 Å². The van der Waals surface area contributed by atoms with Crippen molar-refractivity contribution >= 4 is 39.3 Å². The van der Waals surface area contributed by atoms with Gasteiger partial charge in [0, 0.05) is 16.1 Å². The molecule has 112 valence electrons. The molecule has 1 fully saturated rings. The van der Waals surface area contributed by atoms with Crippen molar-refractivity contribution in [1.82, 2.24) is 10.6 Å². The smallest absolute Gasteiger partial charge is 0.316 e. The number of hydrogen-bond donors (Lipinski definition) is 3. The zero-order valence-electron chi connectivity index (χ0n) is 11.3. The first-order chi connectivity index (χ1) is 10.1. The normalized spacial score (nSPS) is 15.3. The van der Waals surface area contributed by atoms with E-state index in [9.17, 15) is 14.4 Å². The number of amides is 3. The van der Waals surface area contributed by atoms with Crippen LogP contribution in [0.25, 0.3) is 0 Å². The molecule has 1 aliphatic rings. The quantitative estimate of drug-likeness (QED) is 0.693. The molecule has 0 radical (unpaired) electrons. The van der Waals surface area contributed by atoms with Crippen molar-refractivity contribution in [2.45, 2.75) is 12.8 Å². The highest BCUT2D eigenvalue weighted by Crippen LogP contribution is 2.15. The van der Waals surface area contributed by atoms with Gasteiger partial charge in [-0.1, -0.05) is 22.0 Å². The largest absolute Gasteiger partial charge is 0.318 e. The van der Waals surface area contributed by atoms with Crippen molar-refractivity contribution < 1.29 is 14.4 Å². The number of imide groups is 1. The molecule has 0 aromatic heterocycles. The van der Waals surface area contributed by atoms with E-state index in [0.29, 0.717) is 18.5 Å². The molecule has 0 bridgehead atoms. The van der Waals surface area contributed by atoms with Gasteiger partial charge in [0.2, 0.25) is 5.91 Å². The maximum Gasteiger partial charge on any atom is 0.316 e. The molecule has 6 nitrogen and oxygen atoms in total. The van der Waals surface area contributed by atoms with Crippen molar-refractivity contribution in [3.63, 3.8) is 0 Å². The third-order valence-electron chi connectivity index (χ3n) is 3.24. The lowest BCUT2D eigenvalue weighted by atomic mass is 9.97. The Labute approximate surface area is 130 Å². The molecular weight excluding hydrogens is 338 g/mol. The molecule has 0 spiro atoms. The summed E-state index contributed by atoms with van der Waals surface area (Å²) in [6.07, 6.45) is 1.35. The number of halogens is 1. The lowest BCUT2D eigenvalue weighted by Gasteiger charge is -2.21. The summed E-state index contributed by atoms with van der Waals surface area (Å²) < 4.78 is 0.784. The number of anilines is 1. The third-order valence-corrected chi connectivity index (χ3v) is 3.73. The van der Waals surface area contributed by atoms with E-state index in [2.05, 4.69) is 31.9 Å². The standard InChI is InChI=1S/C14H16BrN3O3/c15-10-2-1-3-11(8-10)17-13(20)14(21)18-12(19)9-4-6-16-7-5-9/h1-3,8-9,16H,4-7H2,(H,17,20)(H,18,19,21). The van der Waals surface area contributed by atoms with E-state index >= 15 is 0 Å². The predicted molar refractivity (Wildman–Crippen MR) is 81.5 cm³/mol. The Hall–Kier alpha value is -1.73. The van der Waals surface area contributed by atoms with Gasteiger partial charge in [-0.2, -0.15) is 0 Å². The van der Waals surface area contributed by atoms with E-state index < -0.39 is 11.8 Å². The number of piperidine rings is 1. The second kappa shape index (κ2) is 7.33. The van der Waals surface area contributed by atoms with Crippen molar-refractivity contribution in [3.05, 3.63) is 28.7 Å². The van der Waals surface area contributed by atoms with Crippen LogP contribution in [0.2, 0.25) is 0 Å². The maximum absolute atomic E-state index is 11.9. The van der Waals surface area contributed by atoms with Gasteiger partial charge < -0.3 is 10.6 Å². The average Bonchev–Trinajstić information content (AvgIpc) is 2.48. The number of carbonyl (C=O) groups is 3. The zero-order chi connectivity index (χ0) is 15.2. The van der Waals surface area contributed by atoms with Gasteiger partial charge in [-0.05, 0) is 44.1 Å². The molecule has 1 aromatic carbocycles. The Morgan fingerprint density at radius 2 is 1.86 bits per heavy atom. The first-order valence-corrected chi connectivity index (χ1v) is 7.48. The molecule has 2 rings (SSSR count). The second-order valence-corrected chi connectivity index (χ2v) is 5.72. The summed E-state index contributed by atoms with van der Waals surface area (Å²) in [5, 5.41) is 7.74. The van der Waals surface area contributed by atoms with Gasteiger partial charge in [-0.25, -0.2) is 0 Å². The van der Waals surface area contributed by atoms with E-state index in [1.165, 1.54) is 0 Å². The Bertz CT molecular complexity index is 556. The van der Waals surface area contributed by atoms with Crippen molar-refractivity contribution in [1.29, 1.82) is 0 Å². The van der Waals surface area contributed by atoms with Crippen LogP contribution in [-0.4, -0.2) is 30.8 Å². The number of rotatable bonds is 2. The van der Waals surface area contributed by atoms with Crippen LogP contribution in [0, 0.1) is 5.92 Å². The third kappa shape index (κ3) is 4.64. The summed E-state index contributed by atoms with van der Waals surface area (Å²) in [6, 6.07) is 6.86. The van der Waals surface area contributed by atoms with Crippen LogP contribution in [0.1, 0.15) is 12.8 Å². The predicted octanol–water partition coefficient (Wildman–Crippen LogP) is 1.03. The maximum atomic E-state index is 11.9. The minimum atomic E-state index is -0.932. The molecular formula is C14H16BrN3O3. The molecule has 1 saturated heterocycles. The van der Waals surface area contributed by atoms with E-state index in [1.807, 2.05) is 0 Å². The Morgan fingerprint density at radius 3 is 2.52 bits per heavy atom. The van der Waals surface area contributed by atoms with Gasteiger partial charge in [-0.3, -0.25) is 19.7 Å². The highest BCUT2D eigenvalue weighted by molar-refractivity contribution is 9.10. The Balaban J connectivity index is 1.87. The molecule has 1 heterocycles. The van der Waals surface area contributed by atoms with Crippen LogP contribution in [0.4, 0.5) is 5.69 Å². The minimum Gasteiger partial charge on any atom is -0.318 e. The number of carbonyl (C=O) groups excluding carboxylic acids is 3. The highest BCUT2D eigenvalue weighted by atomic mass is 79.9. The zero-order valence-corrected chi connectivity index (χ0v) is 12.9. The average molecular weight is 354 g/mol. The minimum absolute atomic E-state index is 0.214. The molecule has 1 aliphatic heterocycles. The Kier molecular flexibility index (Phi) is 5.46. The fourth-order valence-corrected chi connectivity index (χ4v) is 2.51. The SMILES string of the molecule is O=C(NC(=O)C1CCNCC1)C(=O)Nc1cccc(Br)c1. The number of benzene rings is 1. The monoisotopic (exact) mass is 353 g/mol. The van der Waals surface area contributed by atoms with Crippen LogP contribution in [0.3, 0.4) is 0 Å². The summed E-state index contributed by atoms with van der Waals surface area (Å²) in [6.45, 7) is 1.49. The molecule has 7 heteroatoms. The van der Waals surface area contributed by atoms with Crippen LogP contribution < -0.4 is 16.0 Å². The van der Waals surface area contributed by atoms with Crippen molar-refractivity contribution in [2.24, 2.45) is 5.92 Å². The van der Waals surface area contributed by atoms with Gasteiger partial charge in [0.25, 0.3) is 0 Å². The fourth-order valence-electron chi connectivity index (χ4n) is 2.11. The molecule has 21 heavy (non-hydrogen) atoms. The molecule has 3 amide bonds. The molecule has 1 aromatic rings. The van der Waals surface area contributed by atoms with E-state index in [-0.39, 0.29) is 11.8 Å². The van der Waals surface area contributed by atoms with E-state index in [1.54, 1.807) is 24.3 Å².